The van der Waals surface area contributed by atoms with Gasteiger partial charge in [0.15, 0.2) is 5.82 Å². The second-order valence-corrected chi connectivity index (χ2v) is 8.07. The van der Waals surface area contributed by atoms with Gasteiger partial charge in [-0.05, 0) is 57.2 Å². The van der Waals surface area contributed by atoms with E-state index < -0.39 is 10.0 Å². The number of rotatable bonds is 6. The Morgan fingerprint density at radius 3 is 2.33 bits per heavy atom. The summed E-state index contributed by atoms with van der Waals surface area (Å²) in [5.41, 5.74) is 3.98. The molecule has 0 aliphatic heterocycles. The molecular formula is C19H21N5O2S. The molecule has 0 fully saturated rings. The van der Waals surface area contributed by atoms with Gasteiger partial charge in [0, 0.05) is 40.6 Å². The van der Waals surface area contributed by atoms with Gasteiger partial charge in [-0.1, -0.05) is 0 Å². The van der Waals surface area contributed by atoms with Crippen molar-refractivity contribution in [3.05, 3.63) is 60.0 Å². The zero-order chi connectivity index (χ0) is 19.4. The second kappa shape index (κ2) is 7.71. The van der Waals surface area contributed by atoms with Crippen LogP contribution in [0.1, 0.15) is 18.2 Å². The first-order valence-corrected chi connectivity index (χ1v) is 10.2. The average molecular weight is 383 g/mol. The molecule has 0 saturated carbocycles. The van der Waals surface area contributed by atoms with E-state index in [9.17, 15) is 8.42 Å². The van der Waals surface area contributed by atoms with Gasteiger partial charge in [0.25, 0.3) is 0 Å². The van der Waals surface area contributed by atoms with Gasteiger partial charge in [0.1, 0.15) is 5.82 Å². The quantitative estimate of drug-likeness (QED) is 0.674. The van der Waals surface area contributed by atoms with Gasteiger partial charge < -0.3 is 5.32 Å². The van der Waals surface area contributed by atoms with E-state index in [2.05, 4.69) is 25.0 Å². The van der Waals surface area contributed by atoms with Crippen molar-refractivity contribution < 1.29 is 8.42 Å². The first-order chi connectivity index (χ1) is 12.9. The van der Waals surface area contributed by atoms with E-state index in [1.165, 1.54) is 0 Å². The normalized spacial score (nSPS) is 11.2. The molecule has 3 aromatic rings. The highest BCUT2D eigenvalue weighted by atomic mass is 32.2. The van der Waals surface area contributed by atoms with Crippen molar-refractivity contribution in [2.45, 2.75) is 20.8 Å². The molecule has 1 aromatic carbocycles. The van der Waals surface area contributed by atoms with Crippen LogP contribution < -0.4 is 10.0 Å². The van der Waals surface area contributed by atoms with Crippen LogP contribution in [0.15, 0.2) is 48.8 Å². The Hall–Kier alpha value is -3.00. The molecule has 0 atom stereocenters. The Morgan fingerprint density at radius 1 is 1.00 bits per heavy atom. The first kappa shape index (κ1) is 18.8. The topological polar surface area (TPSA) is 96.9 Å². The third-order valence-electron chi connectivity index (χ3n) is 4.11. The molecule has 0 aliphatic carbocycles. The van der Waals surface area contributed by atoms with Gasteiger partial charge in [-0.25, -0.2) is 18.4 Å². The lowest BCUT2D eigenvalue weighted by Crippen LogP contribution is -2.14. The third-order valence-corrected chi connectivity index (χ3v) is 5.42. The maximum Gasteiger partial charge on any atom is 0.232 e. The van der Waals surface area contributed by atoms with Gasteiger partial charge in [-0.15, -0.1) is 0 Å². The molecule has 0 spiro atoms. The number of hydrogen-bond donors (Lipinski definition) is 2. The van der Waals surface area contributed by atoms with Crippen LogP contribution in [0.2, 0.25) is 0 Å². The zero-order valence-electron chi connectivity index (χ0n) is 15.4. The number of aryl methyl sites for hydroxylation is 1. The predicted octanol–water partition coefficient (Wildman–Crippen LogP) is 3.66. The van der Waals surface area contributed by atoms with Crippen LogP contribution in [0.5, 0.6) is 0 Å². The number of nitrogens with one attached hydrogen (secondary N) is 2. The average Bonchev–Trinajstić information content (AvgIpc) is 2.67. The largest absolute Gasteiger partial charge is 0.340 e. The fourth-order valence-electron chi connectivity index (χ4n) is 2.38. The van der Waals surface area contributed by atoms with Crippen LogP contribution in [0, 0.1) is 13.8 Å². The number of hydrogen-bond acceptors (Lipinski definition) is 6. The summed E-state index contributed by atoms with van der Waals surface area (Å²) in [6.07, 6.45) is 3.43. The maximum absolute atomic E-state index is 11.7. The predicted molar refractivity (Wildman–Crippen MR) is 108 cm³/mol. The van der Waals surface area contributed by atoms with E-state index in [1.54, 1.807) is 43.6 Å². The summed E-state index contributed by atoms with van der Waals surface area (Å²) in [5.74, 6) is 1.33. The highest BCUT2D eigenvalue weighted by Gasteiger charge is 2.11. The fourth-order valence-corrected chi connectivity index (χ4v) is 3.02. The summed E-state index contributed by atoms with van der Waals surface area (Å²) in [5, 5.41) is 3.28. The Morgan fingerprint density at radius 2 is 1.70 bits per heavy atom. The summed E-state index contributed by atoms with van der Waals surface area (Å²) >= 11 is 0. The Labute approximate surface area is 159 Å². The molecule has 2 N–H and O–H groups in total. The van der Waals surface area contributed by atoms with Gasteiger partial charge >= 0.3 is 0 Å². The van der Waals surface area contributed by atoms with Crippen molar-refractivity contribution in [1.82, 2.24) is 15.0 Å². The van der Waals surface area contributed by atoms with Crippen molar-refractivity contribution in [3.8, 4) is 11.4 Å². The van der Waals surface area contributed by atoms with Gasteiger partial charge in [0.2, 0.25) is 10.0 Å². The molecule has 140 valence electrons. The number of pyridine rings is 1. The summed E-state index contributed by atoms with van der Waals surface area (Å²) in [6, 6.07) is 10.8. The van der Waals surface area contributed by atoms with E-state index in [0.29, 0.717) is 17.3 Å². The van der Waals surface area contributed by atoms with Crippen LogP contribution in [0.3, 0.4) is 0 Å². The van der Waals surface area contributed by atoms with Gasteiger partial charge in [-0.3, -0.25) is 9.71 Å². The SMILES string of the molecule is CCS(=O)(=O)Nc1ccc(Nc2nc(-c3cccnc3)nc(C)c2C)cc1. The fraction of sp³-hybridized carbons (Fsp3) is 0.211. The summed E-state index contributed by atoms with van der Waals surface area (Å²) in [4.78, 5) is 13.3. The minimum atomic E-state index is -3.29. The van der Waals surface area contributed by atoms with E-state index in [1.807, 2.05) is 26.0 Å². The van der Waals surface area contributed by atoms with Crippen LogP contribution in [0.4, 0.5) is 17.2 Å². The van der Waals surface area contributed by atoms with Crippen molar-refractivity contribution in [3.63, 3.8) is 0 Å². The lowest BCUT2D eigenvalue weighted by atomic mass is 10.2. The highest BCUT2D eigenvalue weighted by Crippen LogP contribution is 2.25. The third kappa shape index (κ3) is 4.59. The molecule has 2 aromatic heterocycles. The molecule has 2 heterocycles. The van der Waals surface area contributed by atoms with Gasteiger partial charge in [-0.2, -0.15) is 0 Å². The molecule has 0 aliphatic rings. The van der Waals surface area contributed by atoms with Crippen LogP contribution in [0.25, 0.3) is 11.4 Å². The van der Waals surface area contributed by atoms with Crippen LogP contribution >= 0.6 is 0 Å². The van der Waals surface area contributed by atoms with Crippen LogP contribution in [-0.2, 0) is 10.0 Å². The summed E-state index contributed by atoms with van der Waals surface area (Å²) < 4.78 is 25.8. The number of benzene rings is 1. The molecule has 0 unspecified atom stereocenters. The standard InChI is InChI=1S/C19H21N5O2S/c1-4-27(25,26)24-17-9-7-16(8-10-17)22-18-13(2)14(3)21-19(23-18)15-6-5-11-20-12-15/h5-12,24H,4H2,1-3H3,(H,21,22,23). The Kier molecular flexibility index (Phi) is 5.36. The Balaban J connectivity index is 1.86. The summed E-state index contributed by atoms with van der Waals surface area (Å²) in [6.45, 7) is 5.48. The van der Waals surface area contributed by atoms with Crippen LogP contribution in [-0.4, -0.2) is 29.1 Å². The molecule has 0 amide bonds. The highest BCUT2D eigenvalue weighted by molar-refractivity contribution is 7.92. The Bertz CT molecular complexity index is 1040. The molecule has 0 radical (unpaired) electrons. The monoisotopic (exact) mass is 383 g/mol. The molecule has 0 bridgehead atoms. The van der Waals surface area contributed by atoms with Crippen molar-refractivity contribution in [2.75, 3.05) is 15.8 Å². The van der Waals surface area contributed by atoms with Crippen molar-refractivity contribution in [2.24, 2.45) is 0 Å². The number of anilines is 3. The number of sulfonamides is 1. The lowest BCUT2D eigenvalue weighted by molar-refractivity contribution is 0.602. The molecule has 7 nitrogen and oxygen atoms in total. The van der Waals surface area contributed by atoms with Crippen molar-refractivity contribution in [1.29, 1.82) is 0 Å². The maximum atomic E-state index is 11.7. The molecular weight excluding hydrogens is 362 g/mol. The van der Waals surface area contributed by atoms with Crippen molar-refractivity contribution >= 4 is 27.2 Å². The minimum absolute atomic E-state index is 0.0313. The lowest BCUT2D eigenvalue weighted by Gasteiger charge is -2.13. The van der Waals surface area contributed by atoms with E-state index in [4.69, 9.17) is 0 Å². The smallest absolute Gasteiger partial charge is 0.232 e. The van der Waals surface area contributed by atoms with E-state index in [-0.39, 0.29) is 5.75 Å². The summed E-state index contributed by atoms with van der Waals surface area (Å²) in [7, 11) is -3.29. The first-order valence-electron chi connectivity index (χ1n) is 8.51. The second-order valence-electron chi connectivity index (χ2n) is 6.06. The van der Waals surface area contributed by atoms with E-state index in [0.717, 1.165) is 22.5 Å². The number of aromatic nitrogens is 3. The molecule has 27 heavy (non-hydrogen) atoms. The molecule has 0 saturated heterocycles. The van der Waals surface area contributed by atoms with E-state index >= 15 is 0 Å². The number of nitrogens with zero attached hydrogens (tertiary/aromatic N) is 3. The van der Waals surface area contributed by atoms with Gasteiger partial charge in [0.05, 0.1) is 5.75 Å². The molecule has 3 rings (SSSR count). The zero-order valence-corrected chi connectivity index (χ0v) is 16.2. The molecule has 8 heteroatoms. The minimum Gasteiger partial charge on any atom is -0.340 e.